The van der Waals surface area contributed by atoms with Gasteiger partial charge in [-0.1, -0.05) is 0 Å². The summed E-state index contributed by atoms with van der Waals surface area (Å²) in [5.41, 5.74) is 2.62. The molecule has 0 fully saturated rings. The van der Waals surface area contributed by atoms with Crippen molar-refractivity contribution in [1.29, 1.82) is 0 Å². The minimum Gasteiger partial charge on any atom is -0.999 e. The first-order valence-electron chi connectivity index (χ1n) is 6.40. The minimum absolute atomic E-state index is 0. The molecule has 0 aliphatic carbocycles. The average Bonchev–Trinajstić information content (AvgIpc) is 3.35. The van der Waals surface area contributed by atoms with Crippen molar-refractivity contribution in [2.45, 2.75) is 0 Å². The summed E-state index contributed by atoms with van der Waals surface area (Å²) in [4.78, 5) is 0. The normalized spacial score (nSPS) is 8.18. The average molecular weight is 366 g/mol. The van der Waals surface area contributed by atoms with Crippen LogP contribution in [0.2, 0.25) is 0 Å². The summed E-state index contributed by atoms with van der Waals surface area (Å²) in [6, 6.07) is 38.7. The largest absolute Gasteiger partial charge is 0.999 e. The molecule has 0 spiro atoms. The predicted octanol–water partition coefficient (Wildman–Crippen LogP) is 4.80. The van der Waals surface area contributed by atoms with Gasteiger partial charge in [0.25, 0.3) is 0 Å². The maximum Gasteiger partial charge on any atom is 0 e. The van der Waals surface area contributed by atoms with E-state index in [1.165, 1.54) is 11.1 Å². The number of rotatable bonds is 1. The molecule has 0 N–H and O–H groups in total. The fourth-order valence-electron chi connectivity index (χ4n) is 1.63. The van der Waals surface area contributed by atoms with Crippen molar-refractivity contribution < 1.29 is 34.1 Å². The van der Waals surface area contributed by atoms with E-state index in [1.807, 2.05) is 30.3 Å². The summed E-state index contributed by atoms with van der Waals surface area (Å²) in [5.74, 6) is 0. The fraction of sp³-hybridized carbons (Fsp3) is 0. The van der Waals surface area contributed by atoms with E-state index in [2.05, 4.69) is 72.8 Å². The summed E-state index contributed by atoms with van der Waals surface area (Å²) in [6.45, 7) is 0. The van der Waals surface area contributed by atoms with E-state index >= 15 is 0 Å². The molecule has 4 rings (SSSR count). The van der Waals surface area contributed by atoms with Crippen LogP contribution < -0.4 is 0 Å². The molecular weight excluding hydrogens is 352 g/mol. The summed E-state index contributed by atoms with van der Waals surface area (Å²) in [5, 5.41) is 0. The molecule has 0 bridgehead atoms. The Balaban J connectivity index is 0.000000316. The van der Waals surface area contributed by atoms with E-state index in [0.29, 0.717) is 0 Å². The SMILES string of the molecule is [Fe].[Fe].[c-]1[c-][c-][cH-][c-]1.[cH-]1[cH-][cH-][cH-][cH-]1.c1cc[c-](-[c-]2cccc2)c1. The van der Waals surface area contributed by atoms with Crippen LogP contribution >= 0.6 is 0 Å². The van der Waals surface area contributed by atoms with E-state index in [4.69, 9.17) is 0 Å². The molecule has 22 heavy (non-hydrogen) atoms. The molecule has 4 aromatic rings. The summed E-state index contributed by atoms with van der Waals surface area (Å²) < 4.78 is 0. The molecule has 0 aromatic heterocycles. The fourth-order valence-corrected chi connectivity index (χ4v) is 1.63. The van der Waals surface area contributed by atoms with Gasteiger partial charge in [0.15, 0.2) is 0 Å². The molecule has 0 unspecified atom stereocenters. The Morgan fingerprint density at radius 1 is 0.545 bits per heavy atom. The van der Waals surface area contributed by atoms with Gasteiger partial charge in [-0.15, -0.1) is 0 Å². The Bertz CT molecular complexity index is 505. The van der Waals surface area contributed by atoms with E-state index in [-0.39, 0.29) is 34.1 Å². The van der Waals surface area contributed by atoms with Gasteiger partial charge in [-0.05, 0) is 0 Å². The van der Waals surface area contributed by atoms with Crippen LogP contribution in [-0.2, 0) is 34.1 Å². The second kappa shape index (κ2) is 13.1. The zero-order valence-corrected chi connectivity index (χ0v) is 14.0. The minimum atomic E-state index is 0. The molecule has 0 amide bonds. The molecule has 0 saturated heterocycles. The first-order chi connectivity index (χ1) is 9.97. The van der Waals surface area contributed by atoms with Gasteiger partial charge in [0.2, 0.25) is 0 Å². The topological polar surface area (TPSA) is 0 Å². The monoisotopic (exact) mass is 366 g/mol. The molecular formula is C20H14Fe2-12. The third-order valence-electron chi connectivity index (χ3n) is 2.57. The quantitative estimate of drug-likeness (QED) is 0.336. The van der Waals surface area contributed by atoms with E-state index in [1.54, 1.807) is 6.07 Å². The summed E-state index contributed by atoms with van der Waals surface area (Å²) >= 11 is 0. The Kier molecular flexibility index (Phi) is 12.2. The zero-order chi connectivity index (χ0) is 13.9. The van der Waals surface area contributed by atoms with Crippen molar-refractivity contribution in [2.75, 3.05) is 0 Å². The first kappa shape index (κ1) is 20.4. The van der Waals surface area contributed by atoms with Crippen LogP contribution in [0, 0.1) is 24.3 Å². The Morgan fingerprint density at radius 3 is 1.09 bits per heavy atom. The Hall–Kier alpha value is -1.56. The van der Waals surface area contributed by atoms with Gasteiger partial charge < -0.3 is 60.7 Å². The summed E-state index contributed by atoms with van der Waals surface area (Å²) in [6.07, 6.45) is 0. The third-order valence-corrected chi connectivity index (χ3v) is 2.57. The molecule has 0 aliphatic rings. The van der Waals surface area contributed by atoms with E-state index in [0.717, 1.165) is 0 Å². The van der Waals surface area contributed by atoms with E-state index in [9.17, 15) is 0 Å². The molecule has 0 heterocycles. The second-order valence-electron chi connectivity index (χ2n) is 3.99. The van der Waals surface area contributed by atoms with Crippen molar-refractivity contribution in [1.82, 2.24) is 0 Å². The molecule has 0 saturated carbocycles. The maximum atomic E-state index is 2.62. The van der Waals surface area contributed by atoms with Gasteiger partial charge >= 0.3 is 0 Å². The Labute approximate surface area is 154 Å². The Morgan fingerprint density at radius 2 is 0.864 bits per heavy atom. The van der Waals surface area contributed by atoms with Crippen molar-refractivity contribution in [3.63, 3.8) is 0 Å². The first-order valence-corrected chi connectivity index (χ1v) is 6.40. The molecule has 0 nitrogen and oxygen atoms in total. The van der Waals surface area contributed by atoms with Crippen molar-refractivity contribution >= 4 is 0 Å². The van der Waals surface area contributed by atoms with Crippen LogP contribution in [0.25, 0.3) is 11.1 Å². The van der Waals surface area contributed by atoms with Gasteiger partial charge in [-0.25, -0.2) is 0 Å². The van der Waals surface area contributed by atoms with Crippen LogP contribution in [-0.4, -0.2) is 0 Å². The molecule has 0 atom stereocenters. The molecule has 4 aromatic carbocycles. The maximum absolute atomic E-state index is 2.62. The second-order valence-corrected chi connectivity index (χ2v) is 3.99. The van der Waals surface area contributed by atoms with E-state index < -0.39 is 0 Å². The van der Waals surface area contributed by atoms with Gasteiger partial charge in [-0.2, -0.15) is 59.7 Å². The molecule has 0 radical (unpaired) electrons. The summed E-state index contributed by atoms with van der Waals surface area (Å²) in [7, 11) is 0. The van der Waals surface area contributed by atoms with Crippen molar-refractivity contribution in [2.24, 2.45) is 0 Å². The molecule has 2 heteroatoms. The van der Waals surface area contributed by atoms with Gasteiger partial charge in [0.1, 0.15) is 0 Å². The van der Waals surface area contributed by atoms with Crippen molar-refractivity contribution in [3.05, 3.63) is 109 Å². The van der Waals surface area contributed by atoms with Crippen LogP contribution in [0.5, 0.6) is 0 Å². The number of hydrogen-bond acceptors (Lipinski definition) is 0. The predicted molar refractivity (Wildman–Crippen MR) is 82.5 cm³/mol. The van der Waals surface area contributed by atoms with Crippen LogP contribution in [0.1, 0.15) is 0 Å². The smallest absolute Gasteiger partial charge is 0 e. The van der Waals surface area contributed by atoms with Crippen LogP contribution in [0.4, 0.5) is 0 Å². The van der Waals surface area contributed by atoms with Gasteiger partial charge in [-0.3, -0.25) is 0 Å². The van der Waals surface area contributed by atoms with Crippen LogP contribution in [0.3, 0.4) is 0 Å². The van der Waals surface area contributed by atoms with Gasteiger partial charge in [0.05, 0.1) is 0 Å². The third kappa shape index (κ3) is 8.02. The number of hydrogen-bond donors (Lipinski definition) is 0. The zero-order valence-electron chi connectivity index (χ0n) is 11.8. The van der Waals surface area contributed by atoms with Crippen molar-refractivity contribution in [3.8, 4) is 11.1 Å². The van der Waals surface area contributed by atoms with Crippen LogP contribution in [0.15, 0.2) is 84.9 Å². The molecule has 0 aliphatic heterocycles. The standard InChI is InChI=1S/C10H8.C5H5.C5H.2Fe/c1-2-6-9(5-1)10-7-3-4-8-10;2*1-2-4-5-3-1;;/h1-8H;1-5H;1H;;/q-2;2*-5;;. The van der Waals surface area contributed by atoms with Gasteiger partial charge in [0, 0.05) is 34.1 Å². The molecule has 122 valence electrons.